The zero-order valence-corrected chi connectivity index (χ0v) is 10.3. The van der Waals surface area contributed by atoms with Gasteiger partial charge in [-0.15, -0.1) is 0 Å². The molecule has 0 bridgehead atoms. The summed E-state index contributed by atoms with van der Waals surface area (Å²) in [5.41, 5.74) is 0. The van der Waals surface area contributed by atoms with Gasteiger partial charge in [-0.05, 0) is 6.92 Å². The highest BCUT2D eigenvalue weighted by Crippen LogP contribution is 2.20. The molecule has 2 rings (SSSR count). The summed E-state index contributed by atoms with van der Waals surface area (Å²) < 4.78 is 0. The molecule has 2 atom stereocenters. The SMILES string of the molecule is CC1C(=O)NC(=O)CN1C(=O)C1CC(=O)N(C)C1. The van der Waals surface area contributed by atoms with E-state index in [0.717, 1.165) is 0 Å². The molecule has 0 spiro atoms. The van der Waals surface area contributed by atoms with Gasteiger partial charge >= 0.3 is 0 Å². The number of hydrogen-bond donors (Lipinski definition) is 1. The van der Waals surface area contributed by atoms with Gasteiger partial charge in [0.1, 0.15) is 12.6 Å². The van der Waals surface area contributed by atoms with Crippen molar-refractivity contribution in [3.63, 3.8) is 0 Å². The molecule has 2 fully saturated rings. The van der Waals surface area contributed by atoms with Crippen LogP contribution in [0.5, 0.6) is 0 Å². The van der Waals surface area contributed by atoms with Crippen LogP contribution >= 0.6 is 0 Å². The highest BCUT2D eigenvalue weighted by molar-refractivity contribution is 6.04. The molecule has 1 N–H and O–H groups in total. The van der Waals surface area contributed by atoms with Crippen molar-refractivity contribution in [3.05, 3.63) is 0 Å². The third-order valence-electron chi connectivity index (χ3n) is 3.40. The van der Waals surface area contributed by atoms with Crippen LogP contribution in [-0.4, -0.2) is 59.6 Å². The fourth-order valence-electron chi connectivity index (χ4n) is 2.25. The van der Waals surface area contributed by atoms with Gasteiger partial charge in [0.25, 0.3) is 0 Å². The van der Waals surface area contributed by atoms with E-state index >= 15 is 0 Å². The van der Waals surface area contributed by atoms with Crippen LogP contribution in [0.25, 0.3) is 0 Å². The van der Waals surface area contributed by atoms with Crippen molar-refractivity contribution in [2.45, 2.75) is 19.4 Å². The zero-order chi connectivity index (χ0) is 13.4. The van der Waals surface area contributed by atoms with Crippen LogP contribution in [0.15, 0.2) is 0 Å². The first-order valence-corrected chi connectivity index (χ1v) is 5.78. The fourth-order valence-corrected chi connectivity index (χ4v) is 2.25. The Morgan fingerprint density at radius 2 is 2.00 bits per heavy atom. The third kappa shape index (κ3) is 2.07. The van der Waals surface area contributed by atoms with Gasteiger partial charge in [-0.1, -0.05) is 0 Å². The van der Waals surface area contributed by atoms with Gasteiger partial charge in [-0.3, -0.25) is 24.5 Å². The average molecular weight is 253 g/mol. The molecule has 7 nitrogen and oxygen atoms in total. The van der Waals surface area contributed by atoms with E-state index in [1.165, 1.54) is 9.80 Å². The smallest absolute Gasteiger partial charge is 0.249 e. The fraction of sp³-hybridized carbons (Fsp3) is 0.636. The van der Waals surface area contributed by atoms with E-state index in [1.807, 2.05) is 0 Å². The number of amides is 4. The van der Waals surface area contributed by atoms with Crippen molar-refractivity contribution < 1.29 is 19.2 Å². The molecule has 0 saturated carbocycles. The van der Waals surface area contributed by atoms with Crippen LogP contribution in [0.3, 0.4) is 0 Å². The number of carbonyl (C=O) groups excluding carboxylic acids is 4. The maximum Gasteiger partial charge on any atom is 0.249 e. The monoisotopic (exact) mass is 253 g/mol. The van der Waals surface area contributed by atoms with E-state index < -0.39 is 23.8 Å². The molecule has 0 aromatic heterocycles. The summed E-state index contributed by atoms with van der Waals surface area (Å²) >= 11 is 0. The molecule has 0 aliphatic carbocycles. The number of rotatable bonds is 1. The van der Waals surface area contributed by atoms with E-state index in [0.29, 0.717) is 6.54 Å². The van der Waals surface area contributed by atoms with Crippen molar-refractivity contribution >= 4 is 23.6 Å². The molecule has 0 aromatic rings. The lowest BCUT2D eigenvalue weighted by Crippen LogP contribution is -2.59. The second-order valence-electron chi connectivity index (χ2n) is 4.73. The van der Waals surface area contributed by atoms with E-state index in [1.54, 1.807) is 14.0 Å². The summed E-state index contributed by atoms with van der Waals surface area (Å²) in [5, 5.41) is 2.17. The Morgan fingerprint density at radius 1 is 1.33 bits per heavy atom. The van der Waals surface area contributed by atoms with Gasteiger partial charge in [-0.2, -0.15) is 0 Å². The van der Waals surface area contributed by atoms with Gasteiger partial charge in [0.05, 0.1) is 5.92 Å². The Morgan fingerprint density at radius 3 is 2.56 bits per heavy atom. The molecule has 4 amide bonds. The molecular weight excluding hydrogens is 238 g/mol. The minimum Gasteiger partial charge on any atom is -0.345 e. The average Bonchev–Trinajstić information content (AvgIpc) is 2.63. The predicted molar refractivity (Wildman–Crippen MR) is 60.1 cm³/mol. The van der Waals surface area contributed by atoms with Gasteiger partial charge in [0.15, 0.2) is 0 Å². The standard InChI is InChI=1S/C11H15N3O4/c1-6-10(17)12-8(15)5-14(6)11(18)7-3-9(16)13(2)4-7/h6-7H,3-5H2,1-2H3,(H,12,15,17). The largest absolute Gasteiger partial charge is 0.345 e. The van der Waals surface area contributed by atoms with Crippen molar-refractivity contribution in [3.8, 4) is 0 Å². The highest BCUT2D eigenvalue weighted by atomic mass is 16.2. The maximum absolute atomic E-state index is 12.2. The second kappa shape index (κ2) is 4.40. The Labute approximate surface area is 104 Å². The predicted octanol–water partition coefficient (Wildman–Crippen LogP) is -1.66. The molecule has 98 valence electrons. The lowest BCUT2D eigenvalue weighted by Gasteiger charge is -2.33. The van der Waals surface area contributed by atoms with Gasteiger partial charge in [0, 0.05) is 20.0 Å². The summed E-state index contributed by atoms with van der Waals surface area (Å²) in [7, 11) is 1.63. The van der Waals surface area contributed by atoms with E-state index in [9.17, 15) is 19.2 Å². The Hall–Kier alpha value is -1.92. The maximum atomic E-state index is 12.2. The Balaban J connectivity index is 2.11. The number of likely N-dealkylation sites (tertiary alicyclic amines) is 1. The molecule has 0 radical (unpaired) electrons. The van der Waals surface area contributed by atoms with Crippen molar-refractivity contribution in [1.82, 2.24) is 15.1 Å². The summed E-state index contributed by atoms with van der Waals surface area (Å²) in [6.07, 6.45) is 0.147. The number of nitrogens with one attached hydrogen (secondary N) is 1. The number of hydrogen-bond acceptors (Lipinski definition) is 4. The summed E-state index contributed by atoms with van der Waals surface area (Å²) in [6, 6.07) is -0.670. The molecule has 2 heterocycles. The van der Waals surface area contributed by atoms with Crippen LogP contribution in [0, 0.1) is 5.92 Å². The minimum atomic E-state index is -0.670. The normalized spacial score (nSPS) is 28.7. The molecule has 0 aromatic carbocycles. The summed E-state index contributed by atoms with van der Waals surface area (Å²) in [6.45, 7) is 1.79. The lowest BCUT2D eigenvalue weighted by atomic mass is 10.0. The van der Waals surface area contributed by atoms with Crippen LogP contribution in [0.2, 0.25) is 0 Å². The van der Waals surface area contributed by atoms with Crippen molar-refractivity contribution in [2.24, 2.45) is 5.92 Å². The lowest BCUT2D eigenvalue weighted by molar-refractivity contribution is -0.151. The van der Waals surface area contributed by atoms with E-state index in [-0.39, 0.29) is 24.8 Å². The van der Waals surface area contributed by atoms with E-state index in [2.05, 4.69) is 5.32 Å². The van der Waals surface area contributed by atoms with Gasteiger partial charge in [-0.25, -0.2) is 0 Å². The zero-order valence-electron chi connectivity index (χ0n) is 10.3. The molecule has 2 unspecified atom stereocenters. The summed E-state index contributed by atoms with van der Waals surface area (Å²) in [5.74, 6) is -1.80. The van der Waals surface area contributed by atoms with Crippen LogP contribution < -0.4 is 5.32 Å². The first kappa shape index (κ1) is 12.5. The Bertz CT molecular complexity index is 434. The number of piperazine rings is 1. The first-order chi connectivity index (χ1) is 8.40. The Kier molecular flexibility index (Phi) is 3.06. The quantitative estimate of drug-likeness (QED) is 0.567. The molecule has 2 aliphatic heterocycles. The molecule has 18 heavy (non-hydrogen) atoms. The number of nitrogens with zero attached hydrogens (tertiary/aromatic N) is 2. The van der Waals surface area contributed by atoms with Crippen molar-refractivity contribution in [1.29, 1.82) is 0 Å². The molecule has 2 saturated heterocycles. The highest BCUT2D eigenvalue weighted by Gasteiger charge is 2.40. The van der Waals surface area contributed by atoms with Crippen LogP contribution in [0.1, 0.15) is 13.3 Å². The summed E-state index contributed by atoms with van der Waals surface area (Å²) in [4.78, 5) is 49.1. The first-order valence-electron chi connectivity index (χ1n) is 5.78. The van der Waals surface area contributed by atoms with Gasteiger partial charge in [0.2, 0.25) is 23.6 Å². The molecular formula is C11H15N3O4. The topological polar surface area (TPSA) is 86.8 Å². The van der Waals surface area contributed by atoms with Crippen LogP contribution in [0.4, 0.5) is 0 Å². The van der Waals surface area contributed by atoms with Gasteiger partial charge < -0.3 is 9.80 Å². The minimum absolute atomic E-state index is 0.0891. The number of carbonyl (C=O) groups is 4. The van der Waals surface area contributed by atoms with E-state index in [4.69, 9.17) is 0 Å². The third-order valence-corrected chi connectivity index (χ3v) is 3.40. The van der Waals surface area contributed by atoms with Crippen LogP contribution in [-0.2, 0) is 19.2 Å². The number of imide groups is 1. The molecule has 7 heteroatoms. The van der Waals surface area contributed by atoms with Crippen molar-refractivity contribution in [2.75, 3.05) is 20.1 Å². The second-order valence-corrected chi connectivity index (χ2v) is 4.73. The molecule has 2 aliphatic rings.